The summed E-state index contributed by atoms with van der Waals surface area (Å²) in [6, 6.07) is 3.37. The third-order valence-corrected chi connectivity index (χ3v) is 3.93. The van der Waals surface area contributed by atoms with E-state index < -0.39 is 28.6 Å². The molecular formula is C17H24N4O5. The summed E-state index contributed by atoms with van der Waals surface area (Å²) in [4.78, 5) is 36.8. The van der Waals surface area contributed by atoms with Gasteiger partial charge in [-0.15, -0.1) is 0 Å². The Labute approximate surface area is 151 Å². The number of nitro groups is 1. The van der Waals surface area contributed by atoms with E-state index in [-0.39, 0.29) is 17.1 Å². The largest absolute Gasteiger partial charge is 0.444 e. The number of nitro benzene ring substituents is 1. The molecule has 0 unspecified atom stereocenters. The van der Waals surface area contributed by atoms with E-state index in [1.54, 1.807) is 20.8 Å². The van der Waals surface area contributed by atoms with Crippen LogP contribution in [0.4, 0.5) is 21.9 Å². The highest BCUT2D eigenvalue weighted by atomic mass is 16.6. The van der Waals surface area contributed by atoms with E-state index in [1.165, 1.54) is 23.1 Å². The van der Waals surface area contributed by atoms with Crippen LogP contribution in [0.25, 0.3) is 0 Å². The van der Waals surface area contributed by atoms with Crippen LogP contribution in [-0.4, -0.2) is 40.0 Å². The number of amides is 2. The van der Waals surface area contributed by atoms with Crippen molar-refractivity contribution in [2.75, 3.05) is 17.6 Å². The van der Waals surface area contributed by atoms with Crippen molar-refractivity contribution in [2.24, 2.45) is 0 Å². The van der Waals surface area contributed by atoms with Crippen LogP contribution in [0, 0.1) is 10.1 Å². The topological polar surface area (TPSA) is 128 Å². The van der Waals surface area contributed by atoms with E-state index in [2.05, 4.69) is 5.32 Å². The second-order valence-electron chi connectivity index (χ2n) is 7.21. The molecule has 0 bridgehead atoms. The van der Waals surface area contributed by atoms with Gasteiger partial charge in [-0.05, 0) is 52.2 Å². The normalized spacial score (nSPS) is 17.5. The molecule has 1 aromatic rings. The number of anilines is 2. The SMILES string of the molecule is CC(C)(C)OC(=O)N1CCCC[C@@H]1C(=O)Nc1ccc(N)c([N+](=O)[O-])c1. The zero-order chi connectivity index (χ0) is 19.5. The number of piperidine rings is 1. The van der Waals surface area contributed by atoms with Crippen molar-refractivity contribution in [3.8, 4) is 0 Å². The van der Waals surface area contributed by atoms with Crippen LogP contribution in [0.15, 0.2) is 18.2 Å². The van der Waals surface area contributed by atoms with E-state index in [4.69, 9.17) is 10.5 Å². The fraction of sp³-hybridized carbons (Fsp3) is 0.529. The number of hydrogen-bond donors (Lipinski definition) is 2. The molecule has 1 saturated heterocycles. The molecule has 1 aliphatic heterocycles. The number of benzene rings is 1. The summed E-state index contributed by atoms with van der Waals surface area (Å²) in [6.45, 7) is 5.71. The van der Waals surface area contributed by atoms with Crippen LogP contribution in [-0.2, 0) is 9.53 Å². The van der Waals surface area contributed by atoms with Crippen LogP contribution < -0.4 is 11.1 Å². The van der Waals surface area contributed by atoms with Gasteiger partial charge in [0, 0.05) is 18.3 Å². The third kappa shape index (κ3) is 4.84. The van der Waals surface area contributed by atoms with Gasteiger partial charge in [0.15, 0.2) is 0 Å². The average Bonchev–Trinajstić information content (AvgIpc) is 2.54. The highest BCUT2D eigenvalue weighted by Crippen LogP contribution is 2.26. The molecule has 26 heavy (non-hydrogen) atoms. The summed E-state index contributed by atoms with van der Waals surface area (Å²) < 4.78 is 5.38. The second-order valence-corrected chi connectivity index (χ2v) is 7.21. The third-order valence-electron chi connectivity index (χ3n) is 3.93. The molecule has 1 heterocycles. The van der Waals surface area contributed by atoms with Gasteiger partial charge in [0.1, 0.15) is 17.3 Å². The number of nitrogen functional groups attached to an aromatic ring is 1. The Morgan fingerprint density at radius 2 is 2.04 bits per heavy atom. The summed E-state index contributed by atoms with van der Waals surface area (Å²) in [5.74, 6) is -0.408. The van der Waals surface area contributed by atoms with E-state index >= 15 is 0 Å². The maximum Gasteiger partial charge on any atom is 0.410 e. The molecule has 1 aliphatic rings. The summed E-state index contributed by atoms with van der Waals surface area (Å²) in [5.41, 5.74) is 4.89. The van der Waals surface area contributed by atoms with E-state index in [9.17, 15) is 19.7 Å². The lowest BCUT2D eigenvalue weighted by molar-refractivity contribution is -0.383. The van der Waals surface area contributed by atoms with Crippen molar-refractivity contribution in [1.29, 1.82) is 0 Å². The molecule has 9 nitrogen and oxygen atoms in total. The summed E-state index contributed by atoms with van der Waals surface area (Å²) >= 11 is 0. The Morgan fingerprint density at radius 1 is 1.35 bits per heavy atom. The molecule has 2 rings (SSSR count). The molecule has 1 atom stereocenters. The predicted molar refractivity (Wildman–Crippen MR) is 96.7 cm³/mol. The molecule has 142 valence electrons. The number of carbonyl (C=O) groups is 2. The molecular weight excluding hydrogens is 340 g/mol. The molecule has 0 aromatic heterocycles. The second kappa shape index (κ2) is 7.59. The Bertz CT molecular complexity index is 714. The summed E-state index contributed by atoms with van der Waals surface area (Å²) in [6.07, 6.45) is 1.55. The molecule has 0 radical (unpaired) electrons. The number of nitrogens with two attached hydrogens (primary N) is 1. The van der Waals surface area contributed by atoms with Crippen molar-refractivity contribution in [3.05, 3.63) is 28.3 Å². The van der Waals surface area contributed by atoms with Gasteiger partial charge in [0.05, 0.1) is 4.92 Å². The Morgan fingerprint density at radius 3 is 2.65 bits per heavy atom. The van der Waals surface area contributed by atoms with Gasteiger partial charge in [-0.3, -0.25) is 19.8 Å². The monoisotopic (exact) mass is 364 g/mol. The highest BCUT2D eigenvalue weighted by molar-refractivity contribution is 5.97. The van der Waals surface area contributed by atoms with Crippen molar-refractivity contribution in [2.45, 2.75) is 51.7 Å². The standard InChI is InChI=1S/C17H24N4O5/c1-17(2,3)26-16(23)20-9-5-4-6-13(20)15(22)19-11-7-8-12(18)14(10-11)21(24)25/h7-8,10,13H,4-6,9,18H2,1-3H3,(H,19,22)/t13-/m1/s1. The minimum atomic E-state index is -0.685. The van der Waals surface area contributed by atoms with Crippen LogP contribution in [0.2, 0.25) is 0 Å². The van der Waals surface area contributed by atoms with Gasteiger partial charge in [-0.2, -0.15) is 0 Å². The zero-order valence-electron chi connectivity index (χ0n) is 15.2. The summed E-state index contributed by atoms with van der Waals surface area (Å²) in [5, 5.41) is 13.6. The van der Waals surface area contributed by atoms with Crippen LogP contribution >= 0.6 is 0 Å². The van der Waals surface area contributed by atoms with Crippen molar-refractivity contribution < 1.29 is 19.2 Å². The number of nitrogens with zero attached hydrogens (tertiary/aromatic N) is 2. The predicted octanol–water partition coefficient (Wildman–Crippen LogP) is 2.91. The molecule has 9 heteroatoms. The fourth-order valence-electron chi connectivity index (χ4n) is 2.75. The van der Waals surface area contributed by atoms with Gasteiger partial charge in [0.25, 0.3) is 5.69 Å². The molecule has 0 aliphatic carbocycles. The van der Waals surface area contributed by atoms with Crippen molar-refractivity contribution in [3.63, 3.8) is 0 Å². The Kier molecular flexibility index (Phi) is 5.69. The number of hydrogen-bond acceptors (Lipinski definition) is 6. The van der Waals surface area contributed by atoms with E-state index in [0.717, 1.165) is 12.8 Å². The smallest absolute Gasteiger partial charge is 0.410 e. The first-order valence-electron chi connectivity index (χ1n) is 8.43. The number of carbonyl (C=O) groups excluding carboxylic acids is 2. The maximum atomic E-state index is 12.7. The lowest BCUT2D eigenvalue weighted by Gasteiger charge is -2.35. The lowest BCUT2D eigenvalue weighted by Crippen LogP contribution is -2.51. The molecule has 1 fully saturated rings. The van der Waals surface area contributed by atoms with E-state index in [0.29, 0.717) is 13.0 Å². The van der Waals surface area contributed by atoms with Crippen molar-refractivity contribution in [1.82, 2.24) is 4.90 Å². The quantitative estimate of drug-likeness (QED) is 0.482. The van der Waals surface area contributed by atoms with Gasteiger partial charge in [-0.25, -0.2) is 4.79 Å². The molecule has 1 aromatic carbocycles. The minimum absolute atomic E-state index is 0.0149. The first-order valence-corrected chi connectivity index (χ1v) is 8.43. The lowest BCUT2D eigenvalue weighted by atomic mass is 10.0. The highest BCUT2D eigenvalue weighted by Gasteiger charge is 2.35. The van der Waals surface area contributed by atoms with Gasteiger partial charge in [0.2, 0.25) is 5.91 Å². The first kappa shape index (κ1) is 19.5. The molecule has 3 N–H and O–H groups in total. The van der Waals surface area contributed by atoms with Gasteiger partial charge in [-0.1, -0.05) is 0 Å². The maximum absolute atomic E-state index is 12.7. The number of likely N-dealkylation sites (tertiary alicyclic amines) is 1. The minimum Gasteiger partial charge on any atom is -0.444 e. The van der Waals surface area contributed by atoms with Gasteiger partial charge < -0.3 is 15.8 Å². The number of rotatable bonds is 3. The fourth-order valence-corrected chi connectivity index (χ4v) is 2.75. The average molecular weight is 364 g/mol. The van der Waals surface area contributed by atoms with Crippen LogP contribution in [0.5, 0.6) is 0 Å². The van der Waals surface area contributed by atoms with Gasteiger partial charge >= 0.3 is 6.09 Å². The molecule has 0 saturated carbocycles. The summed E-state index contributed by atoms with van der Waals surface area (Å²) in [7, 11) is 0. The Balaban J connectivity index is 2.15. The number of nitrogens with one attached hydrogen (secondary N) is 1. The van der Waals surface area contributed by atoms with E-state index in [1.807, 2.05) is 0 Å². The van der Waals surface area contributed by atoms with Crippen LogP contribution in [0.1, 0.15) is 40.0 Å². The first-order chi connectivity index (χ1) is 12.1. The molecule has 2 amide bonds. The zero-order valence-corrected chi connectivity index (χ0v) is 15.2. The Hall–Kier alpha value is -2.84. The number of ether oxygens (including phenoxy) is 1. The molecule has 0 spiro atoms. The van der Waals surface area contributed by atoms with Crippen LogP contribution in [0.3, 0.4) is 0 Å². The van der Waals surface area contributed by atoms with Crippen molar-refractivity contribution >= 4 is 29.1 Å².